The van der Waals surface area contributed by atoms with Gasteiger partial charge in [0.1, 0.15) is 24.3 Å². The molecule has 2 bridgehead atoms. The van der Waals surface area contributed by atoms with Gasteiger partial charge in [-0.2, -0.15) is 0 Å². The molecule has 57 heavy (non-hydrogen) atoms. The number of aromatic nitrogens is 1. The fourth-order valence-corrected chi connectivity index (χ4v) is 11.4. The second-order valence-electron chi connectivity index (χ2n) is 15.4. The number of ether oxygens (including phenoxy) is 6. The summed E-state index contributed by atoms with van der Waals surface area (Å²) < 4.78 is 36.3. The maximum atomic E-state index is 15.1. The molecular formula is C42H50N4O10S. The van der Waals surface area contributed by atoms with E-state index in [0.29, 0.717) is 76.1 Å². The van der Waals surface area contributed by atoms with Gasteiger partial charge in [-0.25, -0.2) is 4.79 Å². The van der Waals surface area contributed by atoms with Crippen LogP contribution in [0.25, 0.3) is 10.9 Å². The van der Waals surface area contributed by atoms with Crippen LogP contribution >= 0.6 is 11.8 Å². The third-order valence-corrected chi connectivity index (χ3v) is 13.5. The van der Waals surface area contributed by atoms with Crippen molar-refractivity contribution in [3.05, 3.63) is 68.9 Å². The molecule has 9 rings (SSSR count). The van der Waals surface area contributed by atoms with Crippen LogP contribution in [-0.2, 0) is 25.6 Å². The minimum Gasteiger partial charge on any atom is -0.504 e. The number of H-pyrrole nitrogens is 1. The van der Waals surface area contributed by atoms with Crippen molar-refractivity contribution < 1.29 is 48.2 Å². The lowest BCUT2D eigenvalue weighted by atomic mass is 9.79. The Labute approximate surface area is 335 Å². The Morgan fingerprint density at radius 3 is 2.51 bits per heavy atom. The predicted molar refractivity (Wildman–Crippen MR) is 213 cm³/mol. The number of rotatable bonds is 8. The van der Waals surface area contributed by atoms with Crippen molar-refractivity contribution in [3.8, 4) is 34.5 Å². The number of aromatic hydroxyl groups is 1. The van der Waals surface area contributed by atoms with Crippen molar-refractivity contribution in [2.75, 3.05) is 48.3 Å². The number of hydrogen-bond acceptors (Lipinski definition) is 14. The summed E-state index contributed by atoms with van der Waals surface area (Å²) in [5.41, 5.74) is 6.39. The van der Waals surface area contributed by atoms with Crippen LogP contribution in [0.4, 0.5) is 0 Å². The van der Waals surface area contributed by atoms with Crippen LogP contribution in [0.15, 0.2) is 24.3 Å². The third-order valence-electron chi connectivity index (χ3n) is 11.9. The molecule has 15 heteroatoms. The second-order valence-corrected chi connectivity index (χ2v) is 16.7. The van der Waals surface area contributed by atoms with Crippen LogP contribution in [0.3, 0.4) is 0 Å². The smallest absolute Gasteiger partial charge is 0.343 e. The van der Waals surface area contributed by atoms with Gasteiger partial charge < -0.3 is 48.5 Å². The molecule has 1 fully saturated rings. The van der Waals surface area contributed by atoms with Crippen molar-refractivity contribution in [3.63, 3.8) is 0 Å². The summed E-state index contributed by atoms with van der Waals surface area (Å²) in [7, 11) is 7.00. The molecule has 5 aliphatic heterocycles. The molecule has 1 spiro atoms. The van der Waals surface area contributed by atoms with Gasteiger partial charge >= 0.3 is 11.9 Å². The van der Waals surface area contributed by atoms with E-state index in [9.17, 15) is 15.0 Å². The maximum Gasteiger partial charge on any atom is 0.343 e. The molecule has 6 heterocycles. The average Bonchev–Trinajstić information content (AvgIpc) is 3.83. The monoisotopic (exact) mass is 802 g/mol. The zero-order chi connectivity index (χ0) is 40.7. The third kappa shape index (κ3) is 5.91. The first-order valence-electron chi connectivity index (χ1n) is 19.2. The van der Waals surface area contributed by atoms with Crippen LogP contribution in [0.5, 0.6) is 34.5 Å². The van der Waals surface area contributed by atoms with Gasteiger partial charge in [0, 0.05) is 52.7 Å². The molecule has 1 aromatic heterocycles. The number of nitrogens with one attached hydrogen (secondary N) is 2. The molecule has 5 aliphatic rings. The quantitative estimate of drug-likeness (QED) is 0.129. The van der Waals surface area contributed by atoms with Crippen LogP contribution in [0, 0.1) is 20.8 Å². The molecule has 0 unspecified atom stereocenters. The molecule has 0 amide bonds. The number of fused-ring (bicyclic) bond motifs is 7. The SMILES string of the molecule is CC[C@H](O)N1[C@@H]([C@H](c2c(C)cc(C)c(OC)c2O)N(C)C)[C@@H]2S[C@]3(NCCc4c3[nH]c3ccc(OC)cc43)C(=O)OC[C@H]1c1c3c(c(C)c(OC(C)=O)c12)OCO3. The lowest BCUT2D eigenvalue weighted by molar-refractivity contribution is -0.154. The van der Waals surface area contributed by atoms with E-state index in [1.165, 1.54) is 25.8 Å². The van der Waals surface area contributed by atoms with Crippen molar-refractivity contribution in [2.24, 2.45) is 0 Å². The maximum absolute atomic E-state index is 15.1. The summed E-state index contributed by atoms with van der Waals surface area (Å²) in [6, 6.07) is 5.59. The zero-order valence-electron chi connectivity index (χ0n) is 33.7. The first-order chi connectivity index (χ1) is 27.3. The highest BCUT2D eigenvalue weighted by molar-refractivity contribution is 8.01. The highest BCUT2D eigenvalue weighted by atomic mass is 32.2. The number of phenols is 1. The lowest BCUT2D eigenvalue weighted by Crippen LogP contribution is -2.57. The number of carbonyl (C=O) groups excluding carboxylic acids is 2. The molecule has 0 aliphatic carbocycles. The van der Waals surface area contributed by atoms with Crippen LogP contribution < -0.4 is 29.0 Å². The summed E-state index contributed by atoms with van der Waals surface area (Å²) in [5, 5.41) is 28.3. The molecular weight excluding hydrogens is 753 g/mol. The Bertz CT molecular complexity index is 2290. The van der Waals surface area contributed by atoms with Gasteiger partial charge in [0.2, 0.25) is 11.7 Å². The van der Waals surface area contributed by atoms with Crippen molar-refractivity contribution in [2.45, 2.75) is 81.9 Å². The molecule has 304 valence electrons. The van der Waals surface area contributed by atoms with Gasteiger partial charge in [-0.1, -0.05) is 13.0 Å². The van der Waals surface area contributed by atoms with Gasteiger partial charge in [-0.05, 0) is 82.6 Å². The van der Waals surface area contributed by atoms with Gasteiger partial charge in [0.25, 0.3) is 0 Å². The fraction of sp³-hybridized carbons (Fsp3) is 0.476. The topological polar surface area (TPSA) is 164 Å². The Hall–Kier alpha value is -4.67. The molecule has 0 radical (unpaired) electrons. The first-order valence-corrected chi connectivity index (χ1v) is 20.1. The van der Waals surface area contributed by atoms with Crippen molar-refractivity contribution in [1.82, 2.24) is 20.1 Å². The Morgan fingerprint density at radius 1 is 1.07 bits per heavy atom. The van der Waals surface area contributed by atoms with E-state index < -0.39 is 46.4 Å². The van der Waals surface area contributed by atoms with E-state index in [1.807, 2.05) is 75.9 Å². The fourth-order valence-electron chi connectivity index (χ4n) is 9.59. The number of benzene rings is 3. The van der Waals surface area contributed by atoms with Crippen LogP contribution in [0.1, 0.15) is 82.2 Å². The van der Waals surface area contributed by atoms with Crippen LogP contribution in [-0.4, -0.2) is 97.5 Å². The number of esters is 2. The molecule has 14 nitrogen and oxygen atoms in total. The number of phenolic OH excluding ortho intramolecular Hbond substituents is 1. The highest BCUT2D eigenvalue weighted by Gasteiger charge is 2.60. The Morgan fingerprint density at radius 2 is 1.82 bits per heavy atom. The molecule has 4 aromatic rings. The van der Waals surface area contributed by atoms with E-state index >= 15 is 4.79 Å². The summed E-state index contributed by atoms with van der Waals surface area (Å²) in [4.78, 5) is 34.3. The minimum absolute atomic E-state index is 0.0210. The average molecular weight is 803 g/mol. The number of aromatic amines is 1. The zero-order valence-corrected chi connectivity index (χ0v) is 34.5. The number of hydrogen-bond donors (Lipinski definition) is 4. The van der Waals surface area contributed by atoms with Gasteiger partial charge in [-0.15, -0.1) is 11.8 Å². The number of aryl methyl sites for hydroxylation is 2. The number of likely N-dealkylation sites (N-methyl/N-ethyl adjacent to an activating group) is 1. The summed E-state index contributed by atoms with van der Waals surface area (Å²) in [6.07, 6.45) is -0.123. The largest absolute Gasteiger partial charge is 0.504 e. The summed E-state index contributed by atoms with van der Waals surface area (Å²) in [6.45, 7) is 9.08. The molecule has 6 atom stereocenters. The van der Waals surface area contributed by atoms with E-state index in [4.69, 9.17) is 28.4 Å². The van der Waals surface area contributed by atoms with E-state index in [2.05, 4.69) is 10.3 Å². The van der Waals surface area contributed by atoms with E-state index in [1.54, 1.807) is 7.11 Å². The minimum atomic E-state index is -1.52. The second kappa shape index (κ2) is 14.6. The predicted octanol–water partition coefficient (Wildman–Crippen LogP) is 5.56. The molecule has 4 N–H and O–H groups in total. The lowest BCUT2D eigenvalue weighted by Gasteiger charge is -2.53. The van der Waals surface area contributed by atoms with Crippen molar-refractivity contribution in [1.29, 1.82) is 0 Å². The molecule has 1 saturated heterocycles. The first kappa shape index (κ1) is 39.2. The molecule has 3 aromatic carbocycles. The number of aliphatic hydroxyl groups excluding tert-OH is 1. The standard InChI is InChI=1S/C42H50N4O10S/c1-10-28(48)46-27-17-53-41(50)42(40-24(13-14-43-42)25-16-23(51-8)11-12-26(25)44-40)57-39(31-30(27)38-37(54-18-55-38)21(4)36(31)56-22(5)47)33(46)32(45(6)7)29-19(2)15-20(3)35(52-9)34(29)49/h11-12,15-16,27-28,32-33,39,43-44,48-49H,10,13-14,17-18H2,1-9H3/t27-,28-,32-,33-,39+,42-/m0/s1. The number of aliphatic hydroxyl groups is 1. The number of methoxy groups -OCH3 is 2. The van der Waals surface area contributed by atoms with Crippen LogP contribution in [0.2, 0.25) is 0 Å². The van der Waals surface area contributed by atoms with E-state index in [-0.39, 0.29) is 19.1 Å². The van der Waals surface area contributed by atoms with E-state index in [0.717, 1.165) is 27.6 Å². The Balaban J connectivity index is 1.49. The van der Waals surface area contributed by atoms with Gasteiger partial charge in [0.05, 0.1) is 37.2 Å². The summed E-state index contributed by atoms with van der Waals surface area (Å²) in [5.74, 6) is 1.12. The normalized spacial score (nSPS) is 23.7. The molecule has 0 saturated carbocycles. The number of nitrogens with zero attached hydrogens (tertiary/aromatic N) is 2. The van der Waals surface area contributed by atoms with Crippen molar-refractivity contribution >= 4 is 34.6 Å². The number of carbonyl (C=O) groups is 2. The number of thioether (sulfide) groups is 1. The summed E-state index contributed by atoms with van der Waals surface area (Å²) >= 11 is 1.33. The van der Waals surface area contributed by atoms with Gasteiger partial charge in [0.15, 0.2) is 23.0 Å². The Kier molecular flexibility index (Phi) is 10.0. The highest BCUT2D eigenvalue weighted by Crippen LogP contribution is 2.64. The van der Waals surface area contributed by atoms with Gasteiger partial charge in [-0.3, -0.25) is 15.0 Å².